The smallest absolute Gasteiger partial charge is 0.321 e. The summed E-state index contributed by atoms with van der Waals surface area (Å²) in [5, 5.41) is 23.6. The average Bonchev–Trinajstić information content (AvgIpc) is 2.41. The molecule has 0 aliphatic heterocycles. The Balaban J connectivity index is 1.85. The molecule has 22 heavy (non-hydrogen) atoms. The van der Waals surface area contributed by atoms with Crippen molar-refractivity contribution in [1.29, 1.82) is 0 Å². The predicted molar refractivity (Wildman–Crippen MR) is 80.1 cm³/mol. The second kappa shape index (κ2) is 6.61. The Hall–Kier alpha value is -3.03. The zero-order valence-corrected chi connectivity index (χ0v) is 11.9. The second-order valence-electron chi connectivity index (χ2n) is 4.70. The lowest BCUT2D eigenvalue weighted by molar-refractivity contribution is 0.252. The fraction of sp³-hybridized carbons (Fsp3) is 0.214. The molecule has 0 radical (unpaired) electrons. The van der Waals surface area contributed by atoms with Gasteiger partial charge in [0.15, 0.2) is 11.5 Å². The van der Waals surface area contributed by atoms with Gasteiger partial charge in [0.2, 0.25) is 5.95 Å². The molecular weight excluding hydrogens is 288 g/mol. The summed E-state index contributed by atoms with van der Waals surface area (Å²) in [4.78, 5) is 29.3. The highest BCUT2D eigenvalue weighted by molar-refractivity contribution is 5.87. The number of benzene rings is 1. The van der Waals surface area contributed by atoms with Crippen LogP contribution in [0.5, 0.6) is 11.5 Å². The lowest BCUT2D eigenvalue weighted by Gasteiger charge is -2.08. The number of carbonyl (C=O) groups excluding carboxylic acids is 1. The highest BCUT2D eigenvalue weighted by Gasteiger charge is 2.05. The van der Waals surface area contributed by atoms with Gasteiger partial charge in [0.25, 0.3) is 5.56 Å². The van der Waals surface area contributed by atoms with E-state index >= 15 is 0 Å². The van der Waals surface area contributed by atoms with Crippen LogP contribution in [0.15, 0.2) is 29.1 Å². The van der Waals surface area contributed by atoms with Crippen molar-refractivity contribution in [3.63, 3.8) is 0 Å². The number of hydrogen-bond acceptors (Lipinski definition) is 5. The summed E-state index contributed by atoms with van der Waals surface area (Å²) in [5.41, 5.74) is 0.915. The molecule has 1 aromatic carbocycles. The van der Waals surface area contributed by atoms with E-state index in [1.807, 2.05) is 0 Å². The lowest BCUT2D eigenvalue weighted by atomic mass is 10.1. The van der Waals surface area contributed by atoms with Gasteiger partial charge in [-0.1, -0.05) is 6.07 Å². The van der Waals surface area contributed by atoms with Crippen molar-refractivity contribution in [2.24, 2.45) is 0 Å². The third-order valence-corrected chi connectivity index (χ3v) is 2.85. The van der Waals surface area contributed by atoms with E-state index in [1.165, 1.54) is 18.2 Å². The van der Waals surface area contributed by atoms with Crippen molar-refractivity contribution in [3.8, 4) is 11.5 Å². The molecule has 116 valence electrons. The number of carbonyl (C=O) groups is 1. The van der Waals surface area contributed by atoms with Gasteiger partial charge in [-0.2, -0.15) is 4.98 Å². The first kappa shape index (κ1) is 15.4. The minimum absolute atomic E-state index is 0.0739. The van der Waals surface area contributed by atoms with Crippen molar-refractivity contribution in [2.45, 2.75) is 13.3 Å². The first-order valence-electron chi connectivity index (χ1n) is 6.58. The second-order valence-corrected chi connectivity index (χ2v) is 4.70. The van der Waals surface area contributed by atoms with Gasteiger partial charge in [-0.15, -0.1) is 0 Å². The number of hydrogen-bond donors (Lipinski definition) is 5. The lowest BCUT2D eigenvalue weighted by Crippen LogP contribution is -2.31. The molecule has 0 saturated carbocycles. The Morgan fingerprint density at radius 3 is 2.73 bits per heavy atom. The predicted octanol–water partition coefficient (Wildman–Crippen LogP) is 0.854. The van der Waals surface area contributed by atoms with Crippen LogP contribution >= 0.6 is 0 Å². The summed E-state index contributed by atoms with van der Waals surface area (Å²) in [6.07, 6.45) is 0.471. The number of H-pyrrole nitrogens is 1. The quantitative estimate of drug-likeness (QED) is 0.535. The van der Waals surface area contributed by atoms with E-state index in [0.717, 1.165) is 5.56 Å². The molecule has 0 spiro atoms. The molecule has 1 heterocycles. The Kier molecular flexibility index (Phi) is 4.62. The molecule has 0 unspecified atom stereocenters. The molecule has 0 bridgehead atoms. The molecule has 8 heteroatoms. The zero-order chi connectivity index (χ0) is 16.1. The standard InChI is InChI=1S/C14H16N4O4/c1-8-6-12(21)17-13(16-8)18-14(22)15-5-4-9-2-3-10(19)11(20)7-9/h2-3,6-7,19-20H,4-5H2,1H3,(H3,15,16,17,18,21,22). The summed E-state index contributed by atoms with van der Waals surface area (Å²) < 4.78 is 0. The molecule has 5 N–H and O–H groups in total. The van der Waals surface area contributed by atoms with Gasteiger partial charge in [-0.3, -0.25) is 10.1 Å². The number of anilines is 1. The van der Waals surface area contributed by atoms with Gasteiger partial charge < -0.3 is 20.5 Å². The van der Waals surface area contributed by atoms with Crippen molar-refractivity contribution >= 4 is 12.0 Å². The monoisotopic (exact) mass is 304 g/mol. The molecule has 0 aliphatic carbocycles. The fourth-order valence-electron chi connectivity index (χ4n) is 1.83. The van der Waals surface area contributed by atoms with Crippen LogP contribution in [0.1, 0.15) is 11.3 Å². The van der Waals surface area contributed by atoms with Crippen molar-refractivity contribution in [2.75, 3.05) is 11.9 Å². The molecule has 0 atom stereocenters. The maximum Gasteiger partial charge on any atom is 0.321 e. The van der Waals surface area contributed by atoms with Gasteiger partial charge in [0, 0.05) is 18.3 Å². The third kappa shape index (κ3) is 4.23. The number of aromatic amines is 1. The number of phenols is 2. The van der Waals surface area contributed by atoms with Crippen LogP contribution in [0.3, 0.4) is 0 Å². The van der Waals surface area contributed by atoms with Gasteiger partial charge in [0.05, 0.1) is 0 Å². The number of rotatable bonds is 4. The minimum Gasteiger partial charge on any atom is -0.504 e. The zero-order valence-electron chi connectivity index (χ0n) is 11.9. The van der Waals surface area contributed by atoms with E-state index in [-0.39, 0.29) is 17.4 Å². The number of aromatic nitrogens is 2. The third-order valence-electron chi connectivity index (χ3n) is 2.85. The highest BCUT2D eigenvalue weighted by Crippen LogP contribution is 2.24. The molecular formula is C14H16N4O4. The van der Waals surface area contributed by atoms with E-state index in [4.69, 9.17) is 0 Å². The summed E-state index contributed by atoms with van der Waals surface area (Å²) in [7, 11) is 0. The maximum atomic E-state index is 11.7. The first-order valence-corrected chi connectivity index (χ1v) is 6.58. The summed E-state index contributed by atoms with van der Waals surface area (Å²) in [5.74, 6) is -0.322. The molecule has 0 aliphatic rings. The number of phenolic OH excluding ortho intramolecular Hbond substituents is 2. The van der Waals surface area contributed by atoms with Crippen LogP contribution in [0.4, 0.5) is 10.7 Å². The van der Waals surface area contributed by atoms with Crippen LogP contribution in [0.25, 0.3) is 0 Å². The van der Waals surface area contributed by atoms with Crippen molar-refractivity contribution in [1.82, 2.24) is 15.3 Å². The number of nitrogens with one attached hydrogen (secondary N) is 3. The molecule has 2 amide bonds. The molecule has 1 aromatic heterocycles. The fourth-order valence-corrected chi connectivity index (χ4v) is 1.83. The Labute approximate surface area is 125 Å². The summed E-state index contributed by atoms with van der Waals surface area (Å²) in [6, 6.07) is 5.27. The largest absolute Gasteiger partial charge is 0.504 e. The normalized spacial score (nSPS) is 10.2. The number of amides is 2. The van der Waals surface area contributed by atoms with Crippen LogP contribution in [0, 0.1) is 6.92 Å². The van der Waals surface area contributed by atoms with Gasteiger partial charge >= 0.3 is 6.03 Å². The van der Waals surface area contributed by atoms with Gasteiger partial charge in [-0.05, 0) is 31.0 Å². The number of nitrogens with zero attached hydrogens (tertiary/aromatic N) is 1. The summed E-state index contributed by atoms with van der Waals surface area (Å²) >= 11 is 0. The number of aryl methyl sites for hydroxylation is 1. The van der Waals surface area contributed by atoms with E-state index in [1.54, 1.807) is 13.0 Å². The Morgan fingerprint density at radius 1 is 1.27 bits per heavy atom. The van der Waals surface area contributed by atoms with E-state index < -0.39 is 11.6 Å². The minimum atomic E-state index is -0.503. The number of urea groups is 1. The van der Waals surface area contributed by atoms with Gasteiger partial charge in [0.1, 0.15) is 0 Å². The molecule has 2 aromatic rings. The maximum absolute atomic E-state index is 11.7. The van der Waals surface area contributed by atoms with Crippen LogP contribution in [0.2, 0.25) is 0 Å². The first-order chi connectivity index (χ1) is 10.4. The molecule has 8 nitrogen and oxygen atoms in total. The van der Waals surface area contributed by atoms with E-state index in [9.17, 15) is 19.8 Å². The topological polar surface area (TPSA) is 127 Å². The SMILES string of the molecule is Cc1cc(=O)nc(NC(=O)NCCc2ccc(O)c(O)c2)[nH]1. The molecule has 0 fully saturated rings. The van der Waals surface area contributed by atoms with Crippen molar-refractivity contribution in [3.05, 3.63) is 45.9 Å². The summed E-state index contributed by atoms with van der Waals surface area (Å²) in [6.45, 7) is 2.00. The number of aromatic hydroxyl groups is 2. The van der Waals surface area contributed by atoms with Crippen LogP contribution in [-0.2, 0) is 6.42 Å². The van der Waals surface area contributed by atoms with Crippen LogP contribution in [-0.4, -0.2) is 32.8 Å². The Morgan fingerprint density at radius 2 is 2.05 bits per heavy atom. The highest BCUT2D eigenvalue weighted by atomic mass is 16.3. The Bertz CT molecular complexity index is 742. The van der Waals surface area contributed by atoms with Gasteiger partial charge in [-0.25, -0.2) is 4.79 Å². The van der Waals surface area contributed by atoms with Crippen molar-refractivity contribution < 1.29 is 15.0 Å². The van der Waals surface area contributed by atoms with E-state index in [0.29, 0.717) is 18.7 Å². The molecule has 0 saturated heterocycles. The van der Waals surface area contributed by atoms with E-state index in [2.05, 4.69) is 20.6 Å². The molecule has 2 rings (SSSR count). The van der Waals surface area contributed by atoms with Crippen LogP contribution < -0.4 is 16.2 Å². The average molecular weight is 304 g/mol.